The number of nitrogens with one attached hydrogen (secondary N) is 2. The Labute approximate surface area is 177 Å². The molecule has 0 aliphatic rings. The summed E-state index contributed by atoms with van der Waals surface area (Å²) in [5.74, 6) is 0.210. The molecule has 0 heterocycles. The van der Waals surface area contributed by atoms with Gasteiger partial charge < -0.3 is 15.5 Å². The first-order valence-corrected chi connectivity index (χ1v) is 8.61. The molecule has 2 aromatic carbocycles. The van der Waals surface area contributed by atoms with Crippen molar-refractivity contribution < 1.29 is 8.78 Å². The first-order chi connectivity index (χ1) is 12.5. The van der Waals surface area contributed by atoms with E-state index in [-0.39, 0.29) is 41.7 Å². The smallest absolute Gasteiger partial charge is 0.191 e. The van der Waals surface area contributed by atoms with Crippen molar-refractivity contribution in [3.8, 4) is 0 Å². The molecular formula is C20H27F2IN4. The standard InChI is InChI=1S/C20H26F2N4.HI/c1-23-20(24-13-12-15-6-4-5-7-18(15)22)25-14-19(26(2)3)16-8-10-17(21)11-9-16;/h4-11,19H,12-14H2,1-3H3,(H2,23,24,25);1H. The predicted octanol–water partition coefficient (Wildman–Crippen LogP) is 3.59. The van der Waals surface area contributed by atoms with Crippen molar-refractivity contribution in [3.63, 3.8) is 0 Å². The van der Waals surface area contributed by atoms with Crippen molar-refractivity contribution in [2.75, 3.05) is 34.2 Å². The van der Waals surface area contributed by atoms with E-state index in [1.54, 1.807) is 31.3 Å². The molecule has 0 aromatic heterocycles. The van der Waals surface area contributed by atoms with Gasteiger partial charge in [0.15, 0.2) is 5.96 Å². The molecule has 0 aliphatic heterocycles. The zero-order chi connectivity index (χ0) is 18.9. The van der Waals surface area contributed by atoms with Gasteiger partial charge in [0.1, 0.15) is 11.6 Å². The summed E-state index contributed by atoms with van der Waals surface area (Å²) in [6, 6.07) is 13.3. The van der Waals surface area contributed by atoms with Crippen LogP contribution in [-0.2, 0) is 6.42 Å². The van der Waals surface area contributed by atoms with Crippen LogP contribution in [0.15, 0.2) is 53.5 Å². The zero-order valence-electron chi connectivity index (χ0n) is 15.9. The van der Waals surface area contributed by atoms with Crippen molar-refractivity contribution >= 4 is 29.9 Å². The van der Waals surface area contributed by atoms with Gasteiger partial charge in [0.2, 0.25) is 0 Å². The maximum atomic E-state index is 13.6. The molecule has 0 saturated heterocycles. The lowest BCUT2D eigenvalue weighted by atomic mass is 10.1. The highest BCUT2D eigenvalue weighted by molar-refractivity contribution is 14.0. The van der Waals surface area contributed by atoms with Crippen molar-refractivity contribution in [1.82, 2.24) is 15.5 Å². The number of halogens is 3. The third-order valence-corrected chi connectivity index (χ3v) is 4.21. The Morgan fingerprint density at radius 2 is 1.70 bits per heavy atom. The Hall–Kier alpha value is -1.74. The molecular weight excluding hydrogens is 461 g/mol. The summed E-state index contributed by atoms with van der Waals surface area (Å²) in [5, 5.41) is 6.47. The van der Waals surface area contributed by atoms with Crippen LogP contribution in [0.25, 0.3) is 0 Å². The molecule has 0 saturated carbocycles. The van der Waals surface area contributed by atoms with Crippen LogP contribution < -0.4 is 10.6 Å². The number of hydrogen-bond acceptors (Lipinski definition) is 2. The fourth-order valence-electron chi connectivity index (χ4n) is 2.71. The molecule has 0 amide bonds. The minimum atomic E-state index is -0.246. The molecule has 0 bridgehead atoms. The van der Waals surface area contributed by atoms with E-state index in [4.69, 9.17) is 0 Å². The first-order valence-electron chi connectivity index (χ1n) is 8.61. The zero-order valence-corrected chi connectivity index (χ0v) is 18.2. The van der Waals surface area contributed by atoms with Gasteiger partial charge in [-0.2, -0.15) is 0 Å². The molecule has 0 spiro atoms. The molecule has 0 radical (unpaired) electrons. The normalized spacial score (nSPS) is 12.4. The fourth-order valence-corrected chi connectivity index (χ4v) is 2.71. The highest BCUT2D eigenvalue weighted by Gasteiger charge is 2.14. The monoisotopic (exact) mass is 488 g/mol. The van der Waals surface area contributed by atoms with E-state index in [0.29, 0.717) is 31.0 Å². The Morgan fingerprint density at radius 1 is 1.04 bits per heavy atom. The maximum Gasteiger partial charge on any atom is 0.191 e. The molecule has 2 aromatic rings. The van der Waals surface area contributed by atoms with Gasteiger partial charge in [-0.15, -0.1) is 24.0 Å². The number of benzene rings is 2. The molecule has 148 valence electrons. The molecule has 0 aliphatic carbocycles. The van der Waals surface area contributed by atoms with Crippen molar-refractivity contribution in [2.24, 2.45) is 4.99 Å². The SMILES string of the molecule is CN=C(NCCc1ccccc1F)NCC(c1ccc(F)cc1)N(C)C.I. The molecule has 4 nitrogen and oxygen atoms in total. The van der Waals surface area contributed by atoms with Crippen LogP contribution in [0, 0.1) is 11.6 Å². The van der Waals surface area contributed by atoms with Gasteiger partial charge in [-0.3, -0.25) is 4.99 Å². The summed E-state index contributed by atoms with van der Waals surface area (Å²) in [6.45, 7) is 1.18. The van der Waals surface area contributed by atoms with Gasteiger partial charge >= 0.3 is 0 Å². The second kappa shape index (κ2) is 11.9. The van der Waals surface area contributed by atoms with E-state index in [9.17, 15) is 8.78 Å². The Balaban J connectivity index is 0.00000364. The summed E-state index contributed by atoms with van der Waals surface area (Å²) in [6.07, 6.45) is 0.572. The number of hydrogen-bond donors (Lipinski definition) is 2. The van der Waals surface area contributed by atoms with E-state index in [1.165, 1.54) is 18.2 Å². The fraction of sp³-hybridized carbons (Fsp3) is 0.350. The third-order valence-electron chi connectivity index (χ3n) is 4.21. The van der Waals surface area contributed by atoms with Gasteiger partial charge in [0, 0.05) is 20.1 Å². The second-order valence-corrected chi connectivity index (χ2v) is 6.25. The molecule has 0 fully saturated rings. The third kappa shape index (κ3) is 7.42. The van der Waals surface area contributed by atoms with Crippen LogP contribution in [0.5, 0.6) is 0 Å². The predicted molar refractivity (Wildman–Crippen MR) is 118 cm³/mol. The molecule has 7 heteroatoms. The van der Waals surface area contributed by atoms with E-state index in [2.05, 4.69) is 20.5 Å². The van der Waals surface area contributed by atoms with Crippen LogP contribution in [0.2, 0.25) is 0 Å². The number of rotatable bonds is 7. The Morgan fingerprint density at radius 3 is 2.30 bits per heavy atom. The van der Waals surface area contributed by atoms with Crippen LogP contribution in [0.3, 0.4) is 0 Å². The maximum absolute atomic E-state index is 13.6. The van der Waals surface area contributed by atoms with Crippen LogP contribution in [-0.4, -0.2) is 45.1 Å². The number of nitrogens with zero attached hydrogens (tertiary/aromatic N) is 2. The lowest BCUT2D eigenvalue weighted by Crippen LogP contribution is -2.42. The summed E-state index contributed by atoms with van der Waals surface area (Å²) in [5.41, 5.74) is 1.69. The largest absolute Gasteiger partial charge is 0.356 e. The molecule has 1 atom stereocenters. The van der Waals surface area contributed by atoms with Crippen molar-refractivity contribution in [1.29, 1.82) is 0 Å². The number of likely N-dealkylation sites (N-methyl/N-ethyl adjacent to an activating group) is 1. The van der Waals surface area contributed by atoms with Gasteiger partial charge in [0.05, 0.1) is 6.04 Å². The molecule has 27 heavy (non-hydrogen) atoms. The van der Waals surface area contributed by atoms with Gasteiger partial charge in [0.25, 0.3) is 0 Å². The van der Waals surface area contributed by atoms with Crippen LogP contribution in [0.1, 0.15) is 17.2 Å². The topological polar surface area (TPSA) is 39.7 Å². The molecule has 2 rings (SSSR count). The van der Waals surface area contributed by atoms with E-state index < -0.39 is 0 Å². The molecule has 1 unspecified atom stereocenters. The minimum absolute atomic E-state index is 0. The lowest BCUT2D eigenvalue weighted by Gasteiger charge is -2.26. The number of aliphatic imine (C=N–C) groups is 1. The second-order valence-electron chi connectivity index (χ2n) is 6.25. The van der Waals surface area contributed by atoms with Crippen LogP contribution >= 0.6 is 24.0 Å². The lowest BCUT2D eigenvalue weighted by molar-refractivity contribution is 0.298. The van der Waals surface area contributed by atoms with E-state index in [0.717, 1.165) is 5.56 Å². The molecule has 2 N–H and O–H groups in total. The van der Waals surface area contributed by atoms with Gasteiger partial charge in [-0.25, -0.2) is 8.78 Å². The average Bonchev–Trinajstić information content (AvgIpc) is 2.63. The first kappa shape index (κ1) is 23.3. The van der Waals surface area contributed by atoms with E-state index >= 15 is 0 Å². The average molecular weight is 488 g/mol. The summed E-state index contributed by atoms with van der Waals surface area (Å²) in [4.78, 5) is 6.27. The summed E-state index contributed by atoms with van der Waals surface area (Å²) in [7, 11) is 5.65. The van der Waals surface area contributed by atoms with Crippen LogP contribution in [0.4, 0.5) is 8.78 Å². The quantitative estimate of drug-likeness (QED) is 0.356. The van der Waals surface area contributed by atoms with Gasteiger partial charge in [-0.05, 0) is 49.8 Å². The highest BCUT2D eigenvalue weighted by Crippen LogP contribution is 2.17. The highest BCUT2D eigenvalue weighted by atomic mass is 127. The number of guanidine groups is 1. The van der Waals surface area contributed by atoms with E-state index in [1.807, 2.05) is 20.2 Å². The summed E-state index contributed by atoms with van der Waals surface area (Å²) >= 11 is 0. The summed E-state index contributed by atoms with van der Waals surface area (Å²) < 4.78 is 26.8. The van der Waals surface area contributed by atoms with Gasteiger partial charge in [-0.1, -0.05) is 30.3 Å². The minimum Gasteiger partial charge on any atom is -0.356 e. The van der Waals surface area contributed by atoms with Crippen molar-refractivity contribution in [2.45, 2.75) is 12.5 Å². The Bertz CT molecular complexity index is 720. The Kier molecular flexibility index (Phi) is 10.2. The van der Waals surface area contributed by atoms with Crippen molar-refractivity contribution in [3.05, 3.63) is 71.3 Å².